The van der Waals surface area contributed by atoms with Crippen LogP contribution < -0.4 is 10.5 Å². The van der Waals surface area contributed by atoms with E-state index in [0.29, 0.717) is 25.3 Å². The number of nitrogen functional groups attached to an aromatic ring is 1. The van der Waals surface area contributed by atoms with Crippen LogP contribution in [0.15, 0.2) is 44.2 Å². The lowest BCUT2D eigenvalue weighted by atomic mass is 10.2. The number of benzene rings is 2. The van der Waals surface area contributed by atoms with Crippen molar-refractivity contribution in [3.63, 3.8) is 0 Å². The van der Waals surface area contributed by atoms with Gasteiger partial charge in [0.1, 0.15) is 4.90 Å². The molecule has 21 heavy (non-hydrogen) atoms. The smallest absolute Gasteiger partial charge is 0.264 e. The summed E-state index contributed by atoms with van der Waals surface area (Å²) in [6.07, 6.45) is 0. The zero-order chi connectivity index (χ0) is 15.8. The highest BCUT2D eigenvalue weighted by molar-refractivity contribution is 9.11. The maximum absolute atomic E-state index is 12.5. The number of aryl methyl sites for hydroxylation is 1. The molecular weight excluding hydrogens is 443 g/mol. The van der Waals surface area contributed by atoms with Gasteiger partial charge < -0.3 is 5.73 Å². The minimum absolute atomic E-state index is 0.0772. The minimum atomic E-state index is -3.78. The Morgan fingerprint density at radius 1 is 1.14 bits per heavy atom. The summed E-state index contributed by atoms with van der Waals surface area (Å²) < 4.78 is 28.2. The molecule has 0 bridgehead atoms. The summed E-state index contributed by atoms with van der Waals surface area (Å²) in [5, 5.41) is 0.491. The van der Waals surface area contributed by atoms with Crippen LogP contribution >= 0.6 is 43.5 Å². The second-order valence-electron chi connectivity index (χ2n) is 4.38. The molecule has 112 valence electrons. The van der Waals surface area contributed by atoms with Crippen LogP contribution in [-0.4, -0.2) is 8.42 Å². The molecular formula is C13H11Br2ClN2O2S. The Bertz CT molecular complexity index is 787. The Hall–Kier alpha value is -0.760. The lowest BCUT2D eigenvalue weighted by molar-refractivity contribution is 0.600. The van der Waals surface area contributed by atoms with Gasteiger partial charge >= 0.3 is 0 Å². The van der Waals surface area contributed by atoms with Crippen molar-refractivity contribution in [1.29, 1.82) is 0 Å². The molecule has 2 aromatic carbocycles. The van der Waals surface area contributed by atoms with Gasteiger partial charge in [0.25, 0.3) is 10.0 Å². The first-order valence-corrected chi connectivity index (χ1v) is 9.19. The third-order valence-electron chi connectivity index (χ3n) is 2.71. The number of nitrogens with two attached hydrogens (primary N) is 1. The minimum Gasteiger partial charge on any atom is -0.399 e. The Balaban J connectivity index is 2.46. The maximum Gasteiger partial charge on any atom is 0.264 e. The molecule has 0 aliphatic heterocycles. The largest absolute Gasteiger partial charge is 0.399 e. The SMILES string of the molecule is Cc1ccc(NS(=O)(=O)c2c(Br)cc(N)cc2Br)cc1Cl. The number of rotatable bonds is 3. The van der Waals surface area contributed by atoms with E-state index in [-0.39, 0.29) is 4.90 Å². The zero-order valence-corrected chi connectivity index (χ0v) is 15.6. The van der Waals surface area contributed by atoms with Gasteiger partial charge in [0.2, 0.25) is 0 Å². The number of hydrogen-bond acceptors (Lipinski definition) is 3. The molecule has 0 saturated heterocycles. The molecule has 0 amide bonds. The van der Waals surface area contributed by atoms with Crippen LogP contribution in [0.2, 0.25) is 5.02 Å². The first-order valence-electron chi connectivity index (χ1n) is 5.74. The van der Waals surface area contributed by atoms with Crippen LogP contribution in [-0.2, 0) is 10.0 Å². The van der Waals surface area contributed by atoms with E-state index in [1.54, 1.807) is 18.2 Å². The van der Waals surface area contributed by atoms with Crippen LogP contribution in [0.5, 0.6) is 0 Å². The van der Waals surface area contributed by atoms with Gasteiger partial charge in [0.15, 0.2) is 0 Å². The molecule has 4 nitrogen and oxygen atoms in total. The Labute approximate surface area is 145 Å². The lowest BCUT2D eigenvalue weighted by Gasteiger charge is -2.12. The van der Waals surface area contributed by atoms with Crippen molar-refractivity contribution in [2.75, 3.05) is 10.5 Å². The van der Waals surface area contributed by atoms with Crippen molar-refractivity contribution >= 4 is 64.9 Å². The van der Waals surface area contributed by atoms with Crippen molar-refractivity contribution < 1.29 is 8.42 Å². The van der Waals surface area contributed by atoms with Crippen LogP contribution in [0.3, 0.4) is 0 Å². The van der Waals surface area contributed by atoms with E-state index >= 15 is 0 Å². The van der Waals surface area contributed by atoms with Gasteiger partial charge in [0, 0.05) is 19.7 Å². The zero-order valence-electron chi connectivity index (χ0n) is 10.8. The van der Waals surface area contributed by atoms with Gasteiger partial charge in [-0.2, -0.15) is 0 Å². The van der Waals surface area contributed by atoms with Gasteiger partial charge in [-0.25, -0.2) is 8.42 Å². The first-order chi connectivity index (χ1) is 9.70. The summed E-state index contributed by atoms with van der Waals surface area (Å²) in [5.41, 5.74) is 7.38. The average Bonchev–Trinajstić information content (AvgIpc) is 2.31. The van der Waals surface area contributed by atoms with Crippen LogP contribution in [0, 0.1) is 6.92 Å². The summed E-state index contributed by atoms with van der Waals surface area (Å²) in [7, 11) is -3.78. The predicted molar refractivity (Wildman–Crippen MR) is 93.3 cm³/mol. The monoisotopic (exact) mass is 452 g/mol. The second-order valence-corrected chi connectivity index (χ2v) is 8.12. The van der Waals surface area contributed by atoms with E-state index in [1.807, 2.05) is 6.92 Å². The van der Waals surface area contributed by atoms with Gasteiger partial charge in [-0.05, 0) is 68.6 Å². The Morgan fingerprint density at radius 3 is 2.24 bits per heavy atom. The van der Waals surface area contributed by atoms with E-state index in [2.05, 4.69) is 36.6 Å². The average molecular weight is 455 g/mol. The Morgan fingerprint density at radius 2 is 1.71 bits per heavy atom. The van der Waals surface area contributed by atoms with Gasteiger partial charge in [-0.3, -0.25) is 4.72 Å². The molecule has 3 N–H and O–H groups in total. The molecule has 0 atom stereocenters. The van der Waals surface area contributed by atoms with Crippen LogP contribution in [0.4, 0.5) is 11.4 Å². The lowest BCUT2D eigenvalue weighted by Crippen LogP contribution is -2.14. The van der Waals surface area contributed by atoms with E-state index < -0.39 is 10.0 Å². The van der Waals surface area contributed by atoms with E-state index in [1.165, 1.54) is 12.1 Å². The first kappa shape index (κ1) is 16.6. The van der Waals surface area contributed by atoms with Gasteiger partial charge in [-0.15, -0.1) is 0 Å². The standard InChI is InChI=1S/C13H11Br2ClN2O2S/c1-7-2-3-9(6-12(7)16)18-21(19,20)13-10(14)4-8(17)5-11(13)15/h2-6,18H,17H2,1H3. The molecule has 0 heterocycles. The highest BCUT2D eigenvalue weighted by Crippen LogP contribution is 2.34. The van der Waals surface area contributed by atoms with Crippen molar-refractivity contribution in [3.8, 4) is 0 Å². The predicted octanol–water partition coefficient (Wildman–Crippen LogP) is 4.56. The van der Waals surface area contributed by atoms with Crippen molar-refractivity contribution in [3.05, 3.63) is 49.9 Å². The third-order valence-corrected chi connectivity index (χ3v) is 6.38. The number of hydrogen-bond donors (Lipinski definition) is 2. The highest BCUT2D eigenvalue weighted by Gasteiger charge is 2.22. The van der Waals surface area contributed by atoms with Crippen LogP contribution in [0.25, 0.3) is 0 Å². The third kappa shape index (κ3) is 3.71. The molecule has 0 aliphatic carbocycles. The maximum atomic E-state index is 12.5. The normalized spacial score (nSPS) is 11.4. The van der Waals surface area contributed by atoms with Crippen molar-refractivity contribution in [2.45, 2.75) is 11.8 Å². The molecule has 2 aromatic rings. The number of sulfonamides is 1. The quantitative estimate of drug-likeness (QED) is 0.668. The highest BCUT2D eigenvalue weighted by atomic mass is 79.9. The molecule has 0 radical (unpaired) electrons. The molecule has 0 aromatic heterocycles. The molecule has 8 heteroatoms. The number of anilines is 2. The van der Waals surface area contributed by atoms with Crippen molar-refractivity contribution in [1.82, 2.24) is 0 Å². The fourth-order valence-electron chi connectivity index (χ4n) is 1.70. The topological polar surface area (TPSA) is 72.2 Å². The summed E-state index contributed by atoms with van der Waals surface area (Å²) in [6.45, 7) is 1.84. The second kappa shape index (κ2) is 6.16. The van der Waals surface area contributed by atoms with E-state index in [9.17, 15) is 8.42 Å². The van der Waals surface area contributed by atoms with Crippen LogP contribution in [0.1, 0.15) is 5.56 Å². The van der Waals surface area contributed by atoms with Crippen molar-refractivity contribution in [2.24, 2.45) is 0 Å². The summed E-state index contributed by atoms with van der Waals surface area (Å²) in [5.74, 6) is 0. The van der Waals surface area contributed by atoms with Gasteiger partial charge in [0.05, 0.1) is 5.69 Å². The molecule has 2 rings (SSSR count). The fraction of sp³-hybridized carbons (Fsp3) is 0.0769. The van der Waals surface area contributed by atoms with E-state index in [4.69, 9.17) is 17.3 Å². The fourth-order valence-corrected chi connectivity index (χ4v) is 5.55. The van der Waals surface area contributed by atoms with Gasteiger partial charge in [-0.1, -0.05) is 17.7 Å². The molecule has 0 unspecified atom stereocenters. The number of nitrogens with one attached hydrogen (secondary N) is 1. The Kier molecular flexibility index (Phi) is 4.87. The summed E-state index contributed by atoms with van der Waals surface area (Å²) in [6, 6.07) is 8.02. The summed E-state index contributed by atoms with van der Waals surface area (Å²) in [4.78, 5) is 0.0772. The molecule has 0 spiro atoms. The molecule has 0 fully saturated rings. The molecule has 0 aliphatic rings. The van der Waals surface area contributed by atoms with E-state index in [0.717, 1.165) is 5.56 Å². The number of halogens is 3. The summed E-state index contributed by atoms with van der Waals surface area (Å²) >= 11 is 12.4. The molecule has 0 saturated carbocycles.